The van der Waals surface area contributed by atoms with Gasteiger partial charge < -0.3 is 19.8 Å². The Balaban J connectivity index is -0.000000688. The van der Waals surface area contributed by atoms with E-state index in [2.05, 4.69) is 86.8 Å². The Bertz CT molecular complexity index is 670. The maximum absolute atomic E-state index is 10.2. The minimum Gasteiger partial charge on any atom is -0.550 e. The molecule has 4 nitrogen and oxygen atoms in total. The molecule has 0 radical (unpaired) electrons. The number of rotatable bonds is 26. The molecule has 5 heteroatoms. The molecule has 0 rings (SSSR count). The first-order valence-corrected chi connectivity index (χ1v) is 15.8. The molecule has 0 spiro atoms. The number of carbonyl (C=O) groups excluding carboxylic acids is 2. The van der Waals surface area contributed by atoms with E-state index >= 15 is 0 Å². The third-order valence-corrected chi connectivity index (χ3v) is 6.06. The van der Waals surface area contributed by atoms with Gasteiger partial charge in [-0.1, -0.05) is 125 Å². The van der Waals surface area contributed by atoms with Crippen molar-refractivity contribution in [1.29, 1.82) is 0 Å². The fourth-order valence-corrected chi connectivity index (χ4v) is 3.78. The van der Waals surface area contributed by atoms with Crippen molar-refractivity contribution in [3.63, 3.8) is 0 Å². The number of carboxylic acids is 2. The molecule has 0 atom stereocenters. The number of unbranched alkanes of at least 4 members (excludes halogenated alkanes) is 10. The molecule has 0 aromatic heterocycles. The van der Waals surface area contributed by atoms with Gasteiger partial charge in [0.25, 0.3) is 0 Å². The molecule has 0 bridgehead atoms. The largest absolute Gasteiger partial charge is 2.00 e. The molecular formula is C36H58CaO4. The summed E-state index contributed by atoms with van der Waals surface area (Å²) in [4.78, 5) is 20.4. The molecule has 0 N–H and O–H groups in total. The van der Waals surface area contributed by atoms with Crippen molar-refractivity contribution in [2.24, 2.45) is 0 Å². The van der Waals surface area contributed by atoms with E-state index in [-0.39, 0.29) is 50.6 Å². The minimum absolute atomic E-state index is 0. The number of allylic oxidation sites excluding steroid dienone is 12. The van der Waals surface area contributed by atoms with Gasteiger partial charge in [-0.15, -0.1) is 0 Å². The Labute approximate surface area is 282 Å². The maximum Gasteiger partial charge on any atom is 2.00 e. The normalized spacial score (nSPS) is 11.8. The zero-order valence-corrected chi connectivity index (χ0v) is 28.6. The van der Waals surface area contributed by atoms with Crippen LogP contribution in [0.3, 0.4) is 0 Å². The molecule has 0 aliphatic heterocycles. The average Bonchev–Trinajstić information content (AvgIpc) is 2.93. The van der Waals surface area contributed by atoms with Gasteiger partial charge in [0, 0.05) is 11.9 Å². The second-order valence-electron chi connectivity index (χ2n) is 9.94. The molecule has 0 unspecified atom stereocenters. The molecule has 0 saturated heterocycles. The van der Waals surface area contributed by atoms with Gasteiger partial charge in [-0.2, -0.15) is 0 Å². The van der Waals surface area contributed by atoms with Crippen LogP contribution < -0.4 is 10.2 Å². The van der Waals surface area contributed by atoms with E-state index in [9.17, 15) is 19.8 Å². The summed E-state index contributed by atoms with van der Waals surface area (Å²) < 4.78 is 0. The van der Waals surface area contributed by atoms with Gasteiger partial charge in [-0.3, -0.25) is 0 Å². The van der Waals surface area contributed by atoms with E-state index in [1.165, 1.54) is 25.7 Å². The molecule has 0 saturated carbocycles. The molecule has 0 amide bonds. The summed E-state index contributed by atoms with van der Waals surface area (Å²) >= 11 is 0. The molecule has 0 fully saturated rings. The molecule has 0 aliphatic carbocycles. The molecule has 228 valence electrons. The average molecular weight is 595 g/mol. The second kappa shape index (κ2) is 40.8. The maximum atomic E-state index is 10.2. The first kappa shape index (κ1) is 44.1. The number of carboxylic acid groups (broad SMARTS) is 2. The van der Waals surface area contributed by atoms with Crippen LogP contribution in [0.1, 0.15) is 142 Å². The van der Waals surface area contributed by atoms with Crippen LogP contribution in [0.15, 0.2) is 72.9 Å². The molecule has 0 heterocycles. The van der Waals surface area contributed by atoms with E-state index in [0.717, 1.165) is 89.9 Å². The third kappa shape index (κ3) is 48.7. The summed E-state index contributed by atoms with van der Waals surface area (Å²) in [5.74, 6) is -1.85. The van der Waals surface area contributed by atoms with Crippen LogP contribution in [-0.4, -0.2) is 49.7 Å². The Morgan fingerprint density at radius 1 is 0.415 bits per heavy atom. The van der Waals surface area contributed by atoms with Crippen molar-refractivity contribution in [3.05, 3.63) is 72.9 Å². The van der Waals surface area contributed by atoms with Gasteiger partial charge >= 0.3 is 37.7 Å². The summed E-state index contributed by atoms with van der Waals surface area (Å²) in [6.45, 7) is 4.29. The summed E-state index contributed by atoms with van der Waals surface area (Å²) in [6, 6.07) is 0. The van der Waals surface area contributed by atoms with Crippen LogP contribution >= 0.6 is 0 Å². The van der Waals surface area contributed by atoms with Crippen molar-refractivity contribution in [1.82, 2.24) is 0 Å². The van der Waals surface area contributed by atoms with Crippen molar-refractivity contribution in [2.75, 3.05) is 0 Å². The first-order chi connectivity index (χ1) is 19.5. The summed E-state index contributed by atoms with van der Waals surface area (Å²) in [5.41, 5.74) is 0. The predicted molar refractivity (Wildman–Crippen MR) is 174 cm³/mol. The van der Waals surface area contributed by atoms with Gasteiger partial charge in [0.1, 0.15) is 0 Å². The zero-order valence-electron chi connectivity index (χ0n) is 26.4. The van der Waals surface area contributed by atoms with Crippen molar-refractivity contribution >= 4 is 49.7 Å². The van der Waals surface area contributed by atoms with E-state index in [0.29, 0.717) is 0 Å². The van der Waals surface area contributed by atoms with Crippen LogP contribution in [0.5, 0.6) is 0 Å². The van der Waals surface area contributed by atoms with Crippen LogP contribution in [0.2, 0.25) is 0 Å². The SMILES string of the molecule is CC/C=C\C/C=C\C/C=C\CCCCCCCC(=O)[O-].CC/C=C\C/C=C\C/C=C\CCCCCCCC(=O)[O-].[Ca+2]. The smallest absolute Gasteiger partial charge is 0.550 e. The van der Waals surface area contributed by atoms with Crippen LogP contribution in [0.4, 0.5) is 0 Å². The fourth-order valence-electron chi connectivity index (χ4n) is 3.78. The molecule has 0 aromatic carbocycles. The Morgan fingerprint density at radius 3 is 1.00 bits per heavy atom. The second-order valence-corrected chi connectivity index (χ2v) is 9.94. The van der Waals surface area contributed by atoms with Crippen LogP contribution in [-0.2, 0) is 9.59 Å². The van der Waals surface area contributed by atoms with Gasteiger partial charge in [-0.25, -0.2) is 0 Å². The van der Waals surface area contributed by atoms with E-state index < -0.39 is 11.9 Å². The molecule has 41 heavy (non-hydrogen) atoms. The van der Waals surface area contributed by atoms with Gasteiger partial charge in [0.2, 0.25) is 0 Å². The Kier molecular flexibility index (Phi) is 43.8. The molecule has 0 aliphatic rings. The summed E-state index contributed by atoms with van der Waals surface area (Å²) in [6.07, 6.45) is 46.1. The van der Waals surface area contributed by atoms with Crippen LogP contribution in [0.25, 0.3) is 0 Å². The van der Waals surface area contributed by atoms with E-state index in [1.807, 2.05) is 0 Å². The predicted octanol–water partition coefficient (Wildman–Crippen LogP) is 8.27. The minimum atomic E-state index is -0.925. The van der Waals surface area contributed by atoms with Crippen LogP contribution in [0, 0.1) is 0 Å². The number of hydrogen-bond donors (Lipinski definition) is 0. The molecule has 0 aromatic rings. The molecular weight excluding hydrogens is 536 g/mol. The van der Waals surface area contributed by atoms with Crippen molar-refractivity contribution in [2.45, 2.75) is 142 Å². The Hall–Kier alpha value is -1.36. The third-order valence-electron chi connectivity index (χ3n) is 6.06. The van der Waals surface area contributed by atoms with Gasteiger partial charge in [0.15, 0.2) is 0 Å². The topological polar surface area (TPSA) is 80.3 Å². The standard InChI is InChI=1S/2C18H30O2.Ca/c2*1-2-3-4-5-6-7-8-9-10-11-12-13-14-15-16-17-18(19)20;/h2*3-4,6-7,9-10H,2,5,8,11-17H2,1H3,(H,19,20);/q;;+2/p-2/b2*4-3-,7-6-,10-9-;. The van der Waals surface area contributed by atoms with Gasteiger partial charge in [-0.05, 0) is 89.9 Å². The summed E-state index contributed by atoms with van der Waals surface area (Å²) in [5, 5.41) is 20.4. The first-order valence-electron chi connectivity index (χ1n) is 15.8. The quantitative estimate of drug-likeness (QED) is 0.0573. The number of aliphatic carboxylic acids is 2. The van der Waals surface area contributed by atoms with Crippen molar-refractivity contribution < 1.29 is 19.8 Å². The fraction of sp³-hybridized carbons (Fsp3) is 0.611. The Morgan fingerprint density at radius 2 is 0.683 bits per heavy atom. The monoisotopic (exact) mass is 594 g/mol. The van der Waals surface area contributed by atoms with E-state index in [1.54, 1.807) is 0 Å². The van der Waals surface area contributed by atoms with E-state index in [4.69, 9.17) is 0 Å². The number of carbonyl (C=O) groups is 2. The zero-order chi connectivity index (χ0) is 29.8. The summed E-state index contributed by atoms with van der Waals surface area (Å²) in [7, 11) is 0. The van der Waals surface area contributed by atoms with Crippen molar-refractivity contribution in [3.8, 4) is 0 Å². The van der Waals surface area contributed by atoms with Gasteiger partial charge in [0.05, 0.1) is 0 Å². The number of hydrogen-bond acceptors (Lipinski definition) is 4.